The van der Waals surface area contributed by atoms with Crippen molar-refractivity contribution in [2.45, 2.75) is 19.8 Å². The molecule has 0 unspecified atom stereocenters. The van der Waals surface area contributed by atoms with Crippen LogP contribution in [0.15, 0.2) is 36.4 Å². The van der Waals surface area contributed by atoms with Crippen LogP contribution in [0.3, 0.4) is 0 Å². The van der Waals surface area contributed by atoms with E-state index in [-0.39, 0.29) is 18.6 Å². The lowest BCUT2D eigenvalue weighted by Crippen LogP contribution is -2.07. The molecule has 0 aliphatic rings. The molecule has 20 heavy (non-hydrogen) atoms. The normalized spacial score (nSPS) is 10.6. The van der Waals surface area contributed by atoms with Crippen molar-refractivity contribution in [3.8, 4) is 0 Å². The summed E-state index contributed by atoms with van der Waals surface area (Å²) >= 11 is 6.05. The lowest BCUT2D eigenvalue weighted by Gasteiger charge is -2.05. The Hall–Kier alpha value is -1.74. The third kappa shape index (κ3) is 3.87. The summed E-state index contributed by atoms with van der Waals surface area (Å²) in [6, 6.07) is 8.56. The lowest BCUT2D eigenvalue weighted by atomic mass is 10.0. The van der Waals surface area contributed by atoms with Gasteiger partial charge in [-0.2, -0.15) is 0 Å². The first-order chi connectivity index (χ1) is 9.44. The van der Waals surface area contributed by atoms with Crippen molar-refractivity contribution >= 4 is 17.4 Å². The summed E-state index contributed by atoms with van der Waals surface area (Å²) in [6.07, 6.45) is 0.135. The van der Waals surface area contributed by atoms with Crippen molar-refractivity contribution in [2.75, 3.05) is 0 Å². The Morgan fingerprint density at radius 2 is 1.70 bits per heavy atom. The Morgan fingerprint density at radius 1 is 1.05 bits per heavy atom. The fourth-order valence-electron chi connectivity index (χ4n) is 2.01. The number of aryl methyl sites for hydroxylation is 1. The van der Waals surface area contributed by atoms with Gasteiger partial charge in [-0.25, -0.2) is 8.78 Å². The second-order valence-electron chi connectivity index (χ2n) is 4.76. The molecule has 0 saturated carbocycles. The molecule has 0 fully saturated rings. The Morgan fingerprint density at radius 3 is 2.30 bits per heavy atom. The van der Waals surface area contributed by atoms with E-state index >= 15 is 0 Å². The fourth-order valence-corrected chi connectivity index (χ4v) is 2.31. The molecule has 104 valence electrons. The smallest absolute Gasteiger partial charge is 0.141 e. The number of ketones is 1. The van der Waals surface area contributed by atoms with Crippen LogP contribution in [0.1, 0.15) is 16.7 Å². The van der Waals surface area contributed by atoms with Gasteiger partial charge in [-0.15, -0.1) is 0 Å². The predicted octanol–water partition coefficient (Wildman–Crippen LogP) is 4.28. The van der Waals surface area contributed by atoms with Crippen LogP contribution in [0.4, 0.5) is 8.78 Å². The number of Topliss-reactive ketones (excluding diaryl/α,β-unsaturated/α-hetero) is 1. The van der Waals surface area contributed by atoms with E-state index in [2.05, 4.69) is 0 Å². The largest absolute Gasteiger partial charge is 0.299 e. The average Bonchev–Trinajstić information content (AvgIpc) is 2.31. The second kappa shape index (κ2) is 6.14. The third-order valence-corrected chi connectivity index (χ3v) is 3.27. The monoisotopic (exact) mass is 294 g/mol. The number of rotatable bonds is 4. The zero-order valence-corrected chi connectivity index (χ0v) is 11.7. The van der Waals surface area contributed by atoms with Crippen LogP contribution in [-0.4, -0.2) is 5.78 Å². The van der Waals surface area contributed by atoms with Gasteiger partial charge in [0.25, 0.3) is 0 Å². The third-order valence-electron chi connectivity index (χ3n) is 2.92. The Kier molecular flexibility index (Phi) is 4.50. The standard InChI is InChI=1S/C16H13ClF2O/c1-10-2-3-12(16(17)4-10)8-15(20)7-11-5-13(18)9-14(19)6-11/h2-6,9H,7-8H2,1H3. The number of benzene rings is 2. The highest BCUT2D eigenvalue weighted by atomic mass is 35.5. The van der Waals surface area contributed by atoms with Gasteiger partial charge in [-0.1, -0.05) is 23.7 Å². The Labute approximate surface area is 121 Å². The number of carbonyl (C=O) groups is 1. The highest BCUT2D eigenvalue weighted by molar-refractivity contribution is 6.31. The van der Waals surface area contributed by atoms with Crippen molar-refractivity contribution in [1.29, 1.82) is 0 Å². The summed E-state index contributed by atoms with van der Waals surface area (Å²) < 4.78 is 26.1. The molecule has 0 bridgehead atoms. The minimum Gasteiger partial charge on any atom is -0.299 e. The van der Waals surface area contributed by atoms with Gasteiger partial charge < -0.3 is 0 Å². The topological polar surface area (TPSA) is 17.1 Å². The molecule has 0 heterocycles. The highest BCUT2D eigenvalue weighted by Crippen LogP contribution is 2.19. The SMILES string of the molecule is Cc1ccc(CC(=O)Cc2cc(F)cc(F)c2)c(Cl)c1. The van der Waals surface area contributed by atoms with Gasteiger partial charge in [0.1, 0.15) is 17.4 Å². The number of halogens is 3. The van der Waals surface area contributed by atoms with Gasteiger partial charge in [0, 0.05) is 23.9 Å². The average molecular weight is 295 g/mol. The van der Waals surface area contributed by atoms with E-state index in [4.69, 9.17) is 11.6 Å². The van der Waals surface area contributed by atoms with Crippen molar-refractivity contribution in [3.05, 3.63) is 69.7 Å². The lowest BCUT2D eigenvalue weighted by molar-refractivity contribution is -0.117. The van der Waals surface area contributed by atoms with Gasteiger partial charge in [0.05, 0.1) is 0 Å². The molecular formula is C16H13ClF2O. The van der Waals surface area contributed by atoms with Gasteiger partial charge in [0.2, 0.25) is 0 Å². The van der Waals surface area contributed by atoms with E-state index in [0.29, 0.717) is 10.6 Å². The van der Waals surface area contributed by atoms with Gasteiger partial charge in [0.15, 0.2) is 0 Å². The van der Waals surface area contributed by atoms with Crippen molar-refractivity contribution in [3.63, 3.8) is 0 Å². The molecule has 0 saturated heterocycles. The quantitative estimate of drug-likeness (QED) is 0.822. The summed E-state index contributed by atoms with van der Waals surface area (Å²) in [4.78, 5) is 11.9. The van der Waals surface area contributed by atoms with Crippen molar-refractivity contribution in [1.82, 2.24) is 0 Å². The number of hydrogen-bond acceptors (Lipinski definition) is 1. The predicted molar refractivity (Wildman–Crippen MR) is 75.0 cm³/mol. The maximum Gasteiger partial charge on any atom is 0.141 e. The van der Waals surface area contributed by atoms with E-state index in [1.54, 1.807) is 12.1 Å². The van der Waals surface area contributed by atoms with Gasteiger partial charge >= 0.3 is 0 Å². The first-order valence-corrected chi connectivity index (χ1v) is 6.53. The molecule has 0 amide bonds. The van der Waals surface area contributed by atoms with Crippen molar-refractivity contribution in [2.24, 2.45) is 0 Å². The van der Waals surface area contributed by atoms with Crippen LogP contribution >= 0.6 is 11.6 Å². The fraction of sp³-hybridized carbons (Fsp3) is 0.188. The molecule has 0 aliphatic carbocycles. The van der Waals surface area contributed by atoms with Crippen LogP contribution in [0.25, 0.3) is 0 Å². The van der Waals surface area contributed by atoms with Crippen LogP contribution in [0.5, 0.6) is 0 Å². The van der Waals surface area contributed by atoms with E-state index in [1.807, 2.05) is 13.0 Å². The molecule has 2 aromatic carbocycles. The van der Waals surface area contributed by atoms with Crippen molar-refractivity contribution < 1.29 is 13.6 Å². The molecular weight excluding hydrogens is 282 g/mol. The summed E-state index contributed by atoms with van der Waals surface area (Å²) in [5.41, 5.74) is 2.06. The maximum absolute atomic E-state index is 13.0. The Balaban J connectivity index is 2.09. The van der Waals surface area contributed by atoms with Crippen LogP contribution < -0.4 is 0 Å². The molecule has 4 heteroatoms. The van der Waals surface area contributed by atoms with Crippen LogP contribution in [0, 0.1) is 18.6 Å². The zero-order chi connectivity index (χ0) is 14.7. The van der Waals surface area contributed by atoms with E-state index < -0.39 is 11.6 Å². The molecule has 0 aliphatic heterocycles. The zero-order valence-electron chi connectivity index (χ0n) is 10.9. The highest BCUT2D eigenvalue weighted by Gasteiger charge is 2.10. The molecule has 2 aromatic rings. The molecule has 0 N–H and O–H groups in total. The van der Waals surface area contributed by atoms with Crippen LogP contribution in [0.2, 0.25) is 5.02 Å². The number of carbonyl (C=O) groups excluding carboxylic acids is 1. The second-order valence-corrected chi connectivity index (χ2v) is 5.17. The summed E-state index contributed by atoms with van der Waals surface area (Å²) in [6.45, 7) is 1.91. The summed E-state index contributed by atoms with van der Waals surface area (Å²) in [5.74, 6) is -1.50. The molecule has 0 atom stereocenters. The molecule has 2 rings (SSSR count). The van der Waals surface area contributed by atoms with E-state index in [1.165, 1.54) is 0 Å². The number of hydrogen-bond donors (Lipinski definition) is 0. The molecule has 0 aromatic heterocycles. The maximum atomic E-state index is 13.0. The molecule has 1 nitrogen and oxygen atoms in total. The first-order valence-electron chi connectivity index (χ1n) is 6.16. The summed E-state index contributed by atoms with van der Waals surface area (Å²) in [5, 5.41) is 0.531. The van der Waals surface area contributed by atoms with E-state index in [9.17, 15) is 13.6 Å². The minimum atomic E-state index is -0.679. The van der Waals surface area contributed by atoms with Gasteiger partial charge in [-0.05, 0) is 41.8 Å². The molecule has 0 radical (unpaired) electrons. The first kappa shape index (κ1) is 14.7. The van der Waals surface area contributed by atoms with E-state index in [0.717, 1.165) is 29.3 Å². The van der Waals surface area contributed by atoms with Gasteiger partial charge in [-0.3, -0.25) is 4.79 Å². The minimum absolute atomic E-state index is 0.0150. The molecule has 0 spiro atoms. The van der Waals surface area contributed by atoms with Crippen LogP contribution in [-0.2, 0) is 17.6 Å². The Bertz CT molecular complexity index is 633. The summed E-state index contributed by atoms with van der Waals surface area (Å²) in [7, 11) is 0.